The summed E-state index contributed by atoms with van der Waals surface area (Å²) in [5, 5.41) is 24.7. The number of carboxylic acid groups (broad SMARTS) is 1. The number of carbonyl (C=O) groups excluding carboxylic acids is 1. The van der Waals surface area contributed by atoms with Gasteiger partial charge in [-0.3, -0.25) is 4.79 Å². The van der Waals surface area contributed by atoms with E-state index in [1.807, 2.05) is 0 Å². The second kappa shape index (κ2) is 7.45. The number of aliphatic hydroxyl groups excluding tert-OH is 1. The van der Waals surface area contributed by atoms with E-state index in [0.29, 0.717) is 25.7 Å². The van der Waals surface area contributed by atoms with Crippen LogP contribution in [0.25, 0.3) is 0 Å². The Bertz CT molecular complexity index is 926. The van der Waals surface area contributed by atoms with E-state index in [1.165, 1.54) is 0 Å². The molecule has 11 heteroatoms. The van der Waals surface area contributed by atoms with Crippen LogP contribution in [0.15, 0.2) is 23.1 Å². The molecule has 0 radical (unpaired) electrons. The highest BCUT2D eigenvalue weighted by Gasteiger charge is 2.55. The highest BCUT2D eigenvalue weighted by atomic mass is 32.2. The van der Waals surface area contributed by atoms with Crippen LogP contribution < -0.4 is 15.4 Å². The van der Waals surface area contributed by atoms with Crippen molar-refractivity contribution in [3.8, 4) is 5.75 Å². The molecule has 160 valence electrons. The fourth-order valence-electron chi connectivity index (χ4n) is 4.24. The number of rotatable bonds is 6. The largest absolute Gasteiger partial charge is 0.482 e. The van der Waals surface area contributed by atoms with Crippen LogP contribution in [0.3, 0.4) is 0 Å². The minimum Gasteiger partial charge on any atom is -0.482 e. The summed E-state index contributed by atoms with van der Waals surface area (Å²) in [6.07, 6.45) is 0.728. The van der Waals surface area contributed by atoms with Gasteiger partial charge in [-0.05, 0) is 50.3 Å². The van der Waals surface area contributed by atoms with Crippen molar-refractivity contribution >= 4 is 21.8 Å². The zero-order valence-corrected chi connectivity index (χ0v) is 16.6. The smallest absolute Gasteiger partial charge is 0.405 e. The number of sulfone groups is 1. The number of amides is 2. The van der Waals surface area contributed by atoms with E-state index in [9.17, 15) is 27.5 Å². The SMILES string of the molecule is CS(=O)(=O)c1cc(F)ccc1OCC(=O)NC12CCC(NC(=O)O)(CC1)[C@@H](O)C2. The molecule has 0 saturated heterocycles. The van der Waals surface area contributed by atoms with Gasteiger partial charge in [0.2, 0.25) is 0 Å². The summed E-state index contributed by atoms with van der Waals surface area (Å²) in [5.74, 6) is -1.38. The zero-order valence-electron chi connectivity index (χ0n) is 15.8. The Labute approximate surface area is 167 Å². The van der Waals surface area contributed by atoms with Crippen molar-refractivity contribution in [2.75, 3.05) is 12.9 Å². The molecule has 1 aromatic carbocycles. The third-order valence-corrected chi connectivity index (χ3v) is 6.86. The average molecular weight is 430 g/mol. The van der Waals surface area contributed by atoms with Crippen LogP contribution in [-0.4, -0.2) is 60.7 Å². The molecule has 0 aliphatic heterocycles. The second-order valence-corrected chi connectivity index (χ2v) is 9.77. The molecule has 4 N–H and O–H groups in total. The third kappa shape index (κ3) is 4.45. The van der Waals surface area contributed by atoms with Gasteiger partial charge in [0.25, 0.3) is 5.91 Å². The first kappa shape index (κ1) is 21.3. The first-order valence-corrected chi connectivity index (χ1v) is 11.0. The Morgan fingerprint density at radius 3 is 2.45 bits per heavy atom. The summed E-state index contributed by atoms with van der Waals surface area (Å²) >= 11 is 0. The highest BCUT2D eigenvalue weighted by Crippen LogP contribution is 2.47. The lowest BCUT2D eigenvalue weighted by Gasteiger charge is -2.55. The van der Waals surface area contributed by atoms with Gasteiger partial charge in [0.1, 0.15) is 16.5 Å². The molecule has 2 bridgehead atoms. The van der Waals surface area contributed by atoms with Gasteiger partial charge in [-0.1, -0.05) is 0 Å². The molecule has 0 spiro atoms. The maximum absolute atomic E-state index is 13.4. The molecule has 29 heavy (non-hydrogen) atoms. The number of nitrogens with one attached hydrogen (secondary N) is 2. The van der Waals surface area contributed by atoms with E-state index in [4.69, 9.17) is 9.84 Å². The van der Waals surface area contributed by atoms with Gasteiger partial charge >= 0.3 is 6.09 Å². The first-order chi connectivity index (χ1) is 13.4. The van der Waals surface area contributed by atoms with Crippen LogP contribution >= 0.6 is 0 Å². The number of halogens is 1. The standard InChI is InChI=1S/C18H23FN2O7S/c1-29(26,27)13-8-11(19)2-3-12(13)28-10-15(23)20-17-4-6-18(7-5-17,14(22)9-17)21-16(24)25/h2-3,8,14,21-22H,4-7,9-10H2,1H3,(H,20,23)(H,24,25)/t14-,17?,18?/m0/s1. The van der Waals surface area contributed by atoms with Gasteiger partial charge in [0.05, 0.1) is 11.6 Å². The number of aliphatic hydroxyl groups is 1. The number of benzene rings is 1. The lowest BCUT2D eigenvalue weighted by atomic mass is 9.60. The minimum absolute atomic E-state index is 0.126. The van der Waals surface area contributed by atoms with Gasteiger partial charge in [0.15, 0.2) is 16.4 Å². The summed E-state index contributed by atoms with van der Waals surface area (Å²) < 4.78 is 42.3. The molecule has 0 aromatic heterocycles. The Morgan fingerprint density at radius 2 is 1.90 bits per heavy atom. The molecule has 3 aliphatic rings. The summed E-state index contributed by atoms with van der Waals surface area (Å²) in [5.41, 5.74) is -1.57. The summed E-state index contributed by atoms with van der Waals surface area (Å²) in [6.45, 7) is -0.482. The number of ether oxygens (including phenoxy) is 1. The molecule has 1 aromatic rings. The molecule has 3 saturated carbocycles. The molecule has 9 nitrogen and oxygen atoms in total. The van der Waals surface area contributed by atoms with Crippen molar-refractivity contribution in [2.24, 2.45) is 0 Å². The highest BCUT2D eigenvalue weighted by molar-refractivity contribution is 7.90. The first-order valence-electron chi connectivity index (χ1n) is 9.07. The molecule has 3 aliphatic carbocycles. The average Bonchev–Trinajstić information content (AvgIpc) is 2.61. The molecule has 0 unspecified atom stereocenters. The molecule has 2 amide bonds. The van der Waals surface area contributed by atoms with Crippen molar-refractivity contribution in [2.45, 2.75) is 54.2 Å². The van der Waals surface area contributed by atoms with Crippen molar-refractivity contribution in [3.63, 3.8) is 0 Å². The van der Waals surface area contributed by atoms with Crippen LogP contribution in [-0.2, 0) is 14.6 Å². The Kier molecular flexibility index (Phi) is 5.48. The van der Waals surface area contributed by atoms with Crippen LogP contribution in [0.4, 0.5) is 9.18 Å². The normalized spacial score (nSPS) is 28.6. The predicted octanol–water partition coefficient (Wildman–Crippen LogP) is 0.808. The van der Waals surface area contributed by atoms with E-state index in [0.717, 1.165) is 24.5 Å². The molecular weight excluding hydrogens is 407 g/mol. The van der Waals surface area contributed by atoms with E-state index < -0.39 is 51.4 Å². The van der Waals surface area contributed by atoms with Crippen LogP contribution in [0.2, 0.25) is 0 Å². The zero-order chi connectivity index (χ0) is 21.4. The number of hydrogen-bond acceptors (Lipinski definition) is 6. The van der Waals surface area contributed by atoms with Crippen molar-refractivity contribution < 1.29 is 37.3 Å². The van der Waals surface area contributed by atoms with Crippen LogP contribution in [0.1, 0.15) is 32.1 Å². The van der Waals surface area contributed by atoms with Crippen molar-refractivity contribution in [1.29, 1.82) is 0 Å². The number of fused-ring (bicyclic) bond motifs is 3. The van der Waals surface area contributed by atoms with Gasteiger partial charge in [0, 0.05) is 11.8 Å². The van der Waals surface area contributed by atoms with Gasteiger partial charge in [-0.25, -0.2) is 17.6 Å². The lowest BCUT2D eigenvalue weighted by Crippen LogP contribution is -2.70. The van der Waals surface area contributed by atoms with E-state index in [1.54, 1.807) is 0 Å². The minimum atomic E-state index is -3.75. The Balaban J connectivity index is 1.64. The van der Waals surface area contributed by atoms with Crippen molar-refractivity contribution in [3.05, 3.63) is 24.0 Å². The number of hydrogen-bond donors (Lipinski definition) is 4. The maximum atomic E-state index is 13.4. The molecular formula is C18H23FN2O7S. The van der Waals surface area contributed by atoms with E-state index in [-0.39, 0.29) is 17.1 Å². The third-order valence-electron chi connectivity index (χ3n) is 5.75. The van der Waals surface area contributed by atoms with Gasteiger partial charge < -0.3 is 25.6 Å². The summed E-state index contributed by atoms with van der Waals surface area (Å²) in [4.78, 5) is 23.1. The molecule has 1 atom stereocenters. The number of carbonyl (C=O) groups is 2. The van der Waals surface area contributed by atoms with E-state index in [2.05, 4.69) is 10.6 Å². The quantitative estimate of drug-likeness (QED) is 0.523. The fourth-order valence-corrected chi connectivity index (χ4v) is 5.06. The maximum Gasteiger partial charge on any atom is 0.405 e. The van der Waals surface area contributed by atoms with Crippen LogP contribution in [0.5, 0.6) is 5.75 Å². The van der Waals surface area contributed by atoms with Crippen molar-refractivity contribution in [1.82, 2.24) is 10.6 Å². The predicted molar refractivity (Wildman–Crippen MR) is 98.9 cm³/mol. The van der Waals surface area contributed by atoms with Gasteiger partial charge in [-0.15, -0.1) is 0 Å². The summed E-state index contributed by atoms with van der Waals surface area (Å²) in [6, 6.07) is 3.01. The second-order valence-electron chi connectivity index (χ2n) is 7.79. The Morgan fingerprint density at radius 1 is 1.24 bits per heavy atom. The fraction of sp³-hybridized carbons (Fsp3) is 0.556. The lowest BCUT2D eigenvalue weighted by molar-refractivity contribution is -0.129. The molecule has 3 fully saturated rings. The molecule has 0 heterocycles. The van der Waals surface area contributed by atoms with E-state index >= 15 is 0 Å². The van der Waals surface area contributed by atoms with Crippen LogP contribution in [0, 0.1) is 5.82 Å². The summed E-state index contributed by atoms with van der Waals surface area (Å²) in [7, 11) is -3.75. The topological polar surface area (TPSA) is 142 Å². The monoisotopic (exact) mass is 430 g/mol. The van der Waals surface area contributed by atoms with Gasteiger partial charge in [-0.2, -0.15) is 0 Å². The Hall–Kier alpha value is -2.40. The molecule has 4 rings (SSSR count).